The number of hydrogen-bond acceptors (Lipinski definition) is 5. The van der Waals surface area contributed by atoms with Crippen LogP contribution in [0.25, 0.3) is 0 Å². The zero-order chi connectivity index (χ0) is 12.4. The maximum absolute atomic E-state index is 11.3. The van der Waals surface area contributed by atoms with Crippen molar-refractivity contribution < 1.29 is 14.3 Å². The number of nitrogens with two attached hydrogens (primary N) is 1. The minimum atomic E-state index is -0.502. The van der Waals surface area contributed by atoms with Gasteiger partial charge in [0.25, 0.3) is 0 Å². The molecule has 2 N–H and O–H groups in total. The zero-order valence-corrected chi connectivity index (χ0v) is 11.2. The van der Waals surface area contributed by atoms with Crippen molar-refractivity contribution in [2.75, 3.05) is 31.8 Å². The third-order valence-corrected chi connectivity index (χ3v) is 2.50. The molecule has 96 valence electrons. The molecular weight excluding hydrogens is 226 g/mol. The molecule has 0 amide bonds. The van der Waals surface area contributed by atoms with E-state index in [1.165, 1.54) is 0 Å². The molecule has 0 rings (SSSR count). The highest BCUT2D eigenvalue weighted by Gasteiger charge is 2.13. The van der Waals surface area contributed by atoms with Gasteiger partial charge in [-0.3, -0.25) is 4.79 Å². The third kappa shape index (κ3) is 9.00. The lowest BCUT2D eigenvalue weighted by atomic mass is 10.2. The van der Waals surface area contributed by atoms with Crippen LogP contribution in [-0.2, 0) is 14.3 Å². The van der Waals surface area contributed by atoms with Gasteiger partial charge in [-0.05, 0) is 24.3 Å². The van der Waals surface area contributed by atoms with Gasteiger partial charge in [0.1, 0.15) is 12.6 Å². The Bertz CT molecular complexity index is 188. The molecule has 0 aromatic heterocycles. The smallest absolute Gasteiger partial charge is 0.323 e. The Morgan fingerprint density at radius 2 is 2.06 bits per heavy atom. The van der Waals surface area contributed by atoms with Crippen LogP contribution in [0.3, 0.4) is 0 Å². The molecule has 0 aliphatic heterocycles. The Hall–Kier alpha value is -0.260. The van der Waals surface area contributed by atoms with Crippen LogP contribution >= 0.6 is 11.8 Å². The molecule has 16 heavy (non-hydrogen) atoms. The van der Waals surface area contributed by atoms with E-state index in [0.717, 1.165) is 5.75 Å². The molecule has 0 fully saturated rings. The molecule has 0 bridgehead atoms. The van der Waals surface area contributed by atoms with Crippen molar-refractivity contribution in [3.63, 3.8) is 0 Å². The summed E-state index contributed by atoms with van der Waals surface area (Å²) >= 11 is 1.67. The van der Waals surface area contributed by atoms with Crippen molar-refractivity contribution in [1.29, 1.82) is 0 Å². The molecule has 5 heteroatoms. The zero-order valence-electron chi connectivity index (χ0n) is 10.4. The normalized spacial score (nSPS) is 12.8. The Morgan fingerprint density at radius 1 is 1.38 bits per heavy atom. The topological polar surface area (TPSA) is 61.6 Å². The summed E-state index contributed by atoms with van der Waals surface area (Å²) in [4.78, 5) is 11.3. The molecule has 0 heterocycles. The first-order valence-corrected chi connectivity index (χ1v) is 6.96. The van der Waals surface area contributed by atoms with Crippen LogP contribution < -0.4 is 5.73 Å². The Labute approximate surface area is 102 Å². The maximum Gasteiger partial charge on any atom is 0.323 e. The summed E-state index contributed by atoms with van der Waals surface area (Å²) in [7, 11) is 0. The predicted octanol–water partition coefficient (Wildman–Crippen LogP) is 1.28. The van der Waals surface area contributed by atoms with E-state index in [-0.39, 0.29) is 5.97 Å². The van der Waals surface area contributed by atoms with Gasteiger partial charge >= 0.3 is 5.97 Å². The fourth-order valence-corrected chi connectivity index (χ4v) is 1.48. The van der Waals surface area contributed by atoms with Crippen LogP contribution in [-0.4, -0.2) is 43.8 Å². The molecule has 0 radical (unpaired) electrons. The first-order valence-electron chi connectivity index (χ1n) is 5.56. The van der Waals surface area contributed by atoms with Crippen LogP contribution in [0.5, 0.6) is 0 Å². The Kier molecular flexibility index (Phi) is 9.77. The largest absolute Gasteiger partial charge is 0.462 e. The van der Waals surface area contributed by atoms with Crippen molar-refractivity contribution in [1.82, 2.24) is 0 Å². The van der Waals surface area contributed by atoms with Crippen LogP contribution in [0.2, 0.25) is 0 Å². The maximum atomic E-state index is 11.3. The fourth-order valence-electron chi connectivity index (χ4n) is 0.990. The van der Waals surface area contributed by atoms with Gasteiger partial charge in [0.2, 0.25) is 0 Å². The summed E-state index contributed by atoms with van der Waals surface area (Å²) < 4.78 is 10.3. The number of ether oxygens (including phenoxy) is 2. The van der Waals surface area contributed by atoms with E-state index in [1.54, 1.807) is 11.8 Å². The number of rotatable bonds is 9. The van der Waals surface area contributed by atoms with Crippen LogP contribution in [0.15, 0.2) is 0 Å². The molecule has 0 saturated heterocycles. The molecule has 0 aliphatic carbocycles. The van der Waals surface area contributed by atoms with Crippen molar-refractivity contribution in [3.05, 3.63) is 0 Å². The fraction of sp³-hybridized carbons (Fsp3) is 0.909. The predicted molar refractivity (Wildman–Crippen MR) is 67.6 cm³/mol. The van der Waals surface area contributed by atoms with Gasteiger partial charge in [-0.2, -0.15) is 11.8 Å². The molecule has 0 saturated carbocycles. The summed E-state index contributed by atoms with van der Waals surface area (Å²) in [6.45, 7) is 5.57. The summed E-state index contributed by atoms with van der Waals surface area (Å²) in [5, 5.41) is 0. The van der Waals surface area contributed by atoms with E-state index in [0.29, 0.717) is 32.2 Å². The lowest BCUT2D eigenvalue weighted by molar-refractivity contribution is -0.146. The van der Waals surface area contributed by atoms with Crippen LogP contribution in [0.4, 0.5) is 0 Å². The Balaban J connectivity index is 3.42. The number of carbonyl (C=O) groups is 1. The van der Waals surface area contributed by atoms with Crippen LogP contribution in [0, 0.1) is 5.92 Å². The molecule has 0 aliphatic rings. The van der Waals surface area contributed by atoms with Gasteiger partial charge < -0.3 is 15.2 Å². The van der Waals surface area contributed by atoms with Crippen molar-refractivity contribution in [3.8, 4) is 0 Å². The number of thioether (sulfide) groups is 1. The molecule has 0 spiro atoms. The lowest BCUT2D eigenvalue weighted by Gasteiger charge is -2.11. The van der Waals surface area contributed by atoms with Gasteiger partial charge in [0, 0.05) is 6.61 Å². The second-order valence-electron chi connectivity index (χ2n) is 4.02. The van der Waals surface area contributed by atoms with E-state index in [1.807, 2.05) is 6.26 Å². The highest BCUT2D eigenvalue weighted by molar-refractivity contribution is 7.98. The highest BCUT2D eigenvalue weighted by Crippen LogP contribution is 2.00. The standard InChI is InChI=1S/C11H23NO3S/c1-9(2)8-14-5-6-15-11(13)10(12)4-7-16-3/h9-10H,4-8,12H2,1-3H3/t10-/m0/s1. The molecular formula is C11H23NO3S. The molecule has 0 unspecified atom stereocenters. The molecule has 4 nitrogen and oxygen atoms in total. The highest BCUT2D eigenvalue weighted by atomic mass is 32.2. The second-order valence-corrected chi connectivity index (χ2v) is 5.01. The first-order chi connectivity index (χ1) is 7.57. The van der Waals surface area contributed by atoms with E-state index in [4.69, 9.17) is 15.2 Å². The summed E-state index contributed by atoms with van der Waals surface area (Å²) in [6, 6.07) is -0.502. The average Bonchev–Trinajstić information content (AvgIpc) is 2.24. The quantitative estimate of drug-likeness (QED) is 0.493. The van der Waals surface area contributed by atoms with Gasteiger partial charge in [-0.15, -0.1) is 0 Å². The SMILES string of the molecule is CSCC[C@H](N)C(=O)OCCOCC(C)C. The number of hydrogen-bond donors (Lipinski definition) is 1. The van der Waals surface area contributed by atoms with Gasteiger partial charge in [0.15, 0.2) is 0 Å². The minimum Gasteiger partial charge on any atom is -0.462 e. The number of esters is 1. The summed E-state index contributed by atoms with van der Waals surface area (Å²) in [5.74, 6) is 1.04. The van der Waals surface area contributed by atoms with Crippen molar-refractivity contribution in [2.24, 2.45) is 11.7 Å². The summed E-state index contributed by atoms with van der Waals surface area (Å²) in [5.41, 5.74) is 5.64. The Morgan fingerprint density at radius 3 is 2.62 bits per heavy atom. The summed E-state index contributed by atoms with van der Waals surface area (Å²) in [6.07, 6.45) is 2.64. The van der Waals surface area contributed by atoms with E-state index >= 15 is 0 Å². The van der Waals surface area contributed by atoms with E-state index in [2.05, 4.69) is 13.8 Å². The third-order valence-electron chi connectivity index (χ3n) is 1.86. The van der Waals surface area contributed by atoms with E-state index in [9.17, 15) is 4.79 Å². The van der Waals surface area contributed by atoms with Crippen molar-refractivity contribution in [2.45, 2.75) is 26.3 Å². The lowest BCUT2D eigenvalue weighted by Crippen LogP contribution is -2.33. The van der Waals surface area contributed by atoms with Crippen LogP contribution in [0.1, 0.15) is 20.3 Å². The van der Waals surface area contributed by atoms with E-state index < -0.39 is 6.04 Å². The second kappa shape index (κ2) is 9.93. The monoisotopic (exact) mass is 249 g/mol. The van der Waals surface area contributed by atoms with Gasteiger partial charge in [0.05, 0.1) is 6.61 Å². The molecule has 0 aromatic carbocycles. The van der Waals surface area contributed by atoms with Crippen molar-refractivity contribution >= 4 is 17.7 Å². The molecule has 0 aromatic rings. The average molecular weight is 249 g/mol. The first kappa shape index (κ1) is 15.7. The molecule has 1 atom stereocenters. The van der Waals surface area contributed by atoms with Gasteiger partial charge in [-0.25, -0.2) is 0 Å². The minimum absolute atomic E-state index is 0.290. The van der Waals surface area contributed by atoms with Gasteiger partial charge in [-0.1, -0.05) is 13.8 Å². The number of carbonyl (C=O) groups excluding carboxylic acids is 1.